The Balaban J connectivity index is 2.58. The molecule has 0 heterocycles. The number of allylic oxidation sites excluding steroid dienone is 4. The Labute approximate surface area is 72.9 Å². The second-order valence-electron chi connectivity index (χ2n) is 2.23. The van der Waals surface area contributed by atoms with Crippen molar-refractivity contribution in [2.45, 2.75) is 12.8 Å². The Hall–Kier alpha value is -0.770. The van der Waals surface area contributed by atoms with Crippen LogP contribution in [0.5, 0.6) is 0 Å². The first kappa shape index (κ1) is 8.33. The molecule has 0 spiro atoms. The first-order valence-corrected chi connectivity index (χ1v) is 4.04. The van der Waals surface area contributed by atoms with Crippen LogP contribution in [0.1, 0.15) is 12.8 Å². The molecule has 1 aliphatic carbocycles. The second-order valence-corrected chi connectivity index (χ2v) is 3.14. The van der Waals surface area contributed by atoms with E-state index in [1.165, 1.54) is 0 Å². The first-order chi connectivity index (χ1) is 5.18. The number of carboxylic acid groups (broad SMARTS) is 1. The van der Waals surface area contributed by atoms with Crippen LogP contribution >= 0.6 is 15.9 Å². The van der Waals surface area contributed by atoms with Crippen molar-refractivity contribution in [2.24, 2.45) is 0 Å². The third-order valence-electron chi connectivity index (χ3n) is 1.33. The van der Waals surface area contributed by atoms with Gasteiger partial charge in [-0.15, -0.1) is 0 Å². The van der Waals surface area contributed by atoms with Crippen molar-refractivity contribution in [2.75, 3.05) is 0 Å². The highest BCUT2D eigenvalue weighted by molar-refractivity contribution is 9.11. The van der Waals surface area contributed by atoms with Crippen molar-refractivity contribution in [3.8, 4) is 0 Å². The van der Waals surface area contributed by atoms with Gasteiger partial charge in [0, 0.05) is 10.2 Å². The van der Waals surface area contributed by atoms with Crippen molar-refractivity contribution in [3.05, 3.63) is 22.3 Å². The zero-order chi connectivity index (χ0) is 8.27. The maximum absolute atomic E-state index is 10.2. The van der Waals surface area contributed by atoms with Crippen LogP contribution in [0.3, 0.4) is 0 Å². The van der Waals surface area contributed by atoms with Gasteiger partial charge in [0.25, 0.3) is 0 Å². The van der Waals surface area contributed by atoms with Crippen LogP contribution < -0.4 is 5.32 Å². The van der Waals surface area contributed by atoms with Crippen molar-refractivity contribution >= 4 is 22.0 Å². The normalized spacial score (nSPS) is 16.8. The summed E-state index contributed by atoms with van der Waals surface area (Å²) in [5.74, 6) is 0. The Morgan fingerprint density at radius 1 is 1.73 bits per heavy atom. The molecular formula is C7H8BrNO2. The van der Waals surface area contributed by atoms with Gasteiger partial charge in [-0.25, -0.2) is 4.79 Å². The number of nitrogens with one attached hydrogen (secondary N) is 1. The summed E-state index contributed by atoms with van der Waals surface area (Å²) in [4.78, 5) is 10.2. The summed E-state index contributed by atoms with van der Waals surface area (Å²) in [5.41, 5.74) is 0.742. The van der Waals surface area contributed by atoms with Crippen molar-refractivity contribution in [1.82, 2.24) is 5.32 Å². The van der Waals surface area contributed by atoms with E-state index in [0.717, 1.165) is 23.0 Å². The second kappa shape index (κ2) is 3.57. The topological polar surface area (TPSA) is 49.3 Å². The zero-order valence-electron chi connectivity index (χ0n) is 5.80. The van der Waals surface area contributed by atoms with Gasteiger partial charge >= 0.3 is 6.09 Å². The van der Waals surface area contributed by atoms with Gasteiger partial charge in [-0.3, -0.25) is 5.32 Å². The van der Waals surface area contributed by atoms with E-state index in [2.05, 4.69) is 21.2 Å². The summed E-state index contributed by atoms with van der Waals surface area (Å²) in [6.45, 7) is 0. The van der Waals surface area contributed by atoms with Gasteiger partial charge in [-0.1, -0.05) is 22.0 Å². The molecule has 0 aromatic heterocycles. The number of amides is 1. The number of hydrogen-bond donors (Lipinski definition) is 2. The molecule has 0 aromatic rings. The lowest BCUT2D eigenvalue weighted by Crippen LogP contribution is -2.20. The summed E-state index contributed by atoms with van der Waals surface area (Å²) < 4.78 is 0.938. The fraction of sp³-hybridized carbons (Fsp3) is 0.286. The van der Waals surface area contributed by atoms with Crippen LogP contribution in [0.25, 0.3) is 0 Å². The van der Waals surface area contributed by atoms with E-state index in [-0.39, 0.29) is 0 Å². The smallest absolute Gasteiger partial charge is 0.408 e. The molecule has 0 aliphatic heterocycles. The average molecular weight is 218 g/mol. The Kier molecular flexibility index (Phi) is 2.70. The van der Waals surface area contributed by atoms with Crippen molar-refractivity contribution in [3.63, 3.8) is 0 Å². The maximum atomic E-state index is 10.2. The quantitative estimate of drug-likeness (QED) is 0.708. The molecule has 0 atom stereocenters. The largest absolute Gasteiger partial charge is 0.465 e. The number of rotatable bonds is 1. The summed E-state index contributed by atoms with van der Waals surface area (Å²) in [6, 6.07) is 0. The molecule has 0 aromatic carbocycles. The van der Waals surface area contributed by atoms with Gasteiger partial charge in [0.15, 0.2) is 0 Å². The molecule has 1 aliphatic rings. The molecule has 1 rings (SSSR count). The number of halogens is 1. The van der Waals surface area contributed by atoms with Crippen LogP contribution in [0.15, 0.2) is 22.3 Å². The summed E-state index contributed by atoms with van der Waals surface area (Å²) in [5, 5.41) is 10.7. The highest BCUT2D eigenvalue weighted by Crippen LogP contribution is 2.19. The van der Waals surface area contributed by atoms with Gasteiger partial charge in [0.05, 0.1) is 0 Å². The Bertz CT molecular complexity index is 233. The van der Waals surface area contributed by atoms with Gasteiger partial charge < -0.3 is 5.11 Å². The molecule has 11 heavy (non-hydrogen) atoms. The minimum atomic E-state index is -1.00. The molecule has 3 nitrogen and oxygen atoms in total. The van der Waals surface area contributed by atoms with Crippen molar-refractivity contribution < 1.29 is 9.90 Å². The molecule has 4 heteroatoms. The Morgan fingerprint density at radius 2 is 2.45 bits per heavy atom. The monoisotopic (exact) mass is 217 g/mol. The van der Waals surface area contributed by atoms with Gasteiger partial charge in [-0.05, 0) is 18.9 Å². The highest BCUT2D eigenvalue weighted by Gasteiger charge is 2.05. The highest BCUT2D eigenvalue weighted by atomic mass is 79.9. The molecule has 0 radical (unpaired) electrons. The fourth-order valence-electron chi connectivity index (χ4n) is 0.899. The summed E-state index contributed by atoms with van der Waals surface area (Å²) >= 11 is 3.27. The number of carbonyl (C=O) groups is 1. The molecule has 0 unspecified atom stereocenters. The fourth-order valence-corrected chi connectivity index (χ4v) is 1.40. The minimum absolute atomic E-state index is 0.742. The van der Waals surface area contributed by atoms with Gasteiger partial charge in [0.1, 0.15) is 0 Å². The standard InChI is InChI=1S/C7H8BrNO2/c8-5-2-1-3-6(4-5)9-7(10)11/h2,4,9H,1,3H2,(H,10,11). The predicted octanol–water partition coefficient (Wildman–Crippen LogP) is 2.21. The lowest BCUT2D eigenvalue weighted by Gasteiger charge is -2.09. The third-order valence-corrected chi connectivity index (χ3v) is 1.89. The number of hydrogen-bond acceptors (Lipinski definition) is 1. The van der Waals surface area contributed by atoms with Crippen LogP contribution in [-0.4, -0.2) is 11.2 Å². The van der Waals surface area contributed by atoms with E-state index in [1.54, 1.807) is 6.08 Å². The maximum Gasteiger partial charge on any atom is 0.408 e. The van der Waals surface area contributed by atoms with Crippen molar-refractivity contribution in [1.29, 1.82) is 0 Å². The third kappa shape index (κ3) is 2.76. The van der Waals surface area contributed by atoms with Gasteiger partial charge in [0.2, 0.25) is 0 Å². The molecule has 1 amide bonds. The molecule has 0 fully saturated rings. The molecule has 0 saturated heterocycles. The predicted molar refractivity (Wildman–Crippen MR) is 45.5 cm³/mol. The lowest BCUT2D eigenvalue weighted by molar-refractivity contribution is 0.197. The first-order valence-electron chi connectivity index (χ1n) is 3.24. The van der Waals surface area contributed by atoms with Gasteiger partial charge in [-0.2, -0.15) is 0 Å². The zero-order valence-corrected chi connectivity index (χ0v) is 7.39. The molecule has 60 valence electrons. The molecule has 2 N–H and O–H groups in total. The van der Waals surface area contributed by atoms with Crippen LogP contribution in [0, 0.1) is 0 Å². The summed E-state index contributed by atoms with van der Waals surface area (Å²) in [6.07, 6.45) is 4.43. The molecule has 0 saturated carbocycles. The van der Waals surface area contributed by atoms with E-state index in [0.29, 0.717) is 0 Å². The lowest BCUT2D eigenvalue weighted by atomic mass is 10.1. The Morgan fingerprint density at radius 3 is 3.00 bits per heavy atom. The van der Waals surface area contributed by atoms with E-state index < -0.39 is 6.09 Å². The van der Waals surface area contributed by atoms with Crippen LogP contribution in [0.4, 0.5) is 4.79 Å². The molecule has 0 bridgehead atoms. The van der Waals surface area contributed by atoms with E-state index in [4.69, 9.17) is 5.11 Å². The minimum Gasteiger partial charge on any atom is -0.465 e. The van der Waals surface area contributed by atoms with Crippen LogP contribution in [-0.2, 0) is 0 Å². The van der Waals surface area contributed by atoms with E-state index in [9.17, 15) is 4.79 Å². The van der Waals surface area contributed by atoms with E-state index in [1.807, 2.05) is 6.08 Å². The average Bonchev–Trinajstić information content (AvgIpc) is 1.85. The summed E-state index contributed by atoms with van der Waals surface area (Å²) in [7, 11) is 0. The van der Waals surface area contributed by atoms with E-state index >= 15 is 0 Å². The SMILES string of the molecule is O=C(O)NC1=CC(Br)=CCC1. The molecular weight excluding hydrogens is 210 g/mol. The van der Waals surface area contributed by atoms with Crippen LogP contribution in [0.2, 0.25) is 0 Å².